The largest absolute Gasteiger partial charge is 0.316 e. The molecule has 2 aromatic carbocycles. The summed E-state index contributed by atoms with van der Waals surface area (Å²) in [5.41, 5.74) is 1.29. The maximum Gasteiger partial charge on any atom is 0.271 e. The van der Waals surface area contributed by atoms with Crippen LogP contribution in [-0.4, -0.2) is 30.1 Å². The van der Waals surface area contributed by atoms with Gasteiger partial charge < -0.3 is 4.57 Å². The molecule has 0 radical (unpaired) electrons. The summed E-state index contributed by atoms with van der Waals surface area (Å²) in [6.07, 6.45) is 1.15. The van der Waals surface area contributed by atoms with E-state index < -0.39 is 14.8 Å². The fourth-order valence-electron chi connectivity index (χ4n) is 2.74. The Morgan fingerprint density at radius 3 is 2.46 bits per heavy atom. The van der Waals surface area contributed by atoms with Gasteiger partial charge in [0, 0.05) is 24.9 Å². The smallest absolute Gasteiger partial charge is 0.271 e. The van der Waals surface area contributed by atoms with E-state index in [-0.39, 0.29) is 22.9 Å². The van der Waals surface area contributed by atoms with E-state index >= 15 is 0 Å². The molecule has 146 valence electrons. The number of hydrogen-bond acceptors (Lipinski definition) is 6. The number of rotatable bonds is 5. The number of aryl methyl sites for hydroxylation is 1. The second-order valence-corrected chi connectivity index (χ2v) is 9.16. The van der Waals surface area contributed by atoms with Gasteiger partial charge in [-0.05, 0) is 30.7 Å². The highest BCUT2D eigenvalue weighted by atomic mass is 32.2. The van der Waals surface area contributed by atoms with Crippen LogP contribution in [0.2, 0.25) is 0 Å². The van der Waals surface area contributed by atoms with Gasteiger partial charge in [0.15, 0.2) is 14.6 Å². The van der Waals surface area contributed by atoms with Crippen molar-refractivity contribution in [2.45, 2.75) is 24.8 Å². The van der Waals surface area contributed by atoms with E-state index in [4.69, 9.17) is 0 Å². The van der Waals surface area contributed by atoms with Crippen LogP contribution in [0.5, 0.6) is 0 Å². The molecule has 1 aromatic heterocycles. The molecule has 8 nitrogen and oxygen atoms in total. The first kappa shape index (κ1) is 19.9. The van der Waals surface area contributed by atoms with Crippen molar-refractivity contribution in [3.63, 3.8) is 0 Å². The zero-order chi connectivity index (χ0) is 20.5. The van der Waals surface area contributed by atoms with Gasteiger partial charge in [-0.15, -0.1) is 0 Å². The Bertz CT molecular complexity index is 1240. The summed E-state index contributed by atoms with van der Waals surface area (Å²) in [5, 5.41) is 11.0. The molecule has 0 saturated heterocycles. The third-order valence-corrected chi connectivity index (χ3v) is 6.31. The first-order chi connectivity index (χ1) is 13.2. The zero-order valence-corrected chi connectivity index (χ0v) is 16.8. The van der Waals surface area contributed by atoms with Crippen molar-refractivity contribution in [1.29, 1.82) is 0 Å². The Labute approximate surface area is 164 Å². The predicted molar refractivity (Wildman–Crippen MR) is 106 cm³/mol. The van der Waals surface area contributed by atoms with E-state index in [1.807, 2.05) is 6.92 Å². The molecule has 10 heteroatoms. The molecule has 0 aliphatic rings. The third-order valence-electron chi connectivity index (χ3n) is 4.12. The number of nitro benzene ring substituents is 1. The second kappa shape index (κ2) is 7.64. The van der Waals surface area contributed by atoms with E-state index in [0.29, 0.717) is 22.4 Å². The van der Waals surface area contributed by atoms with Gasteiger partial charge in [-0.25, -0.2) is 8.42 Å². The fraction of sp³-hybridized carbons (Fsp3) is 0.222. The van der Waals surface area contributed by atoms with Crippen molar-refractivity contribution in [3.8, 4) is 0 Å². The Morgan fingerprint density at radius 2 is 1.89 bits per heavy atom. The molecule has 0 spiro atoms. The molecule has 0 atom stereocenters. The van der Waals surface area contributed by atoms with E-state index in [2.05, 4.69) is 4.99 Å². The molecule has 0 aliphatic carbocycles. The summed E-state index contributed by atoms with van der Waals surface area (Å²) in [7, 11) is -3.29. The van der Waals surface area contributed by atoms with E-state index in [0.717, 1.165) is 11.0 Å². The number of benzene rings is 2. The monoisotopic (exact) mass is 419 g/mol. The van der Waals surface area contributed by atoms with Crippen LogP contribution < -0.4 is 4.80 Å². The maximum absolute atomic E-state index is 12.4. The zero-order valence-electron chi connectivity index (χ0n) is 15.2. The molecule has 3 aromatic rings. The molecule has 0 saturated carbocycles. The van der Waals surface area contributed by atoms with Crippen molar-refractivity contribution >= 4 is 43.0 Å². The molecule has 3 rings (SSSR count). The summed E-state index contributed by atoms with van der Waals surface area (Å²) in [4.78, 5) is 27.7. The Kier molecular flexibility index (Phi) is 5.43. The van der Waals surface area contributed by atoms with Crippen molar-refractivity contribution in [2.24, 2.45) is 4.99 Å². The first-order valence-electron chi connectivity index (χ1n) is 8.33. The van der Waals surface area contributed by atoms with Crippen molar-refractivity contribution in [3.05, 3.63) is 62.9 Å². The molecule has 28 heavy (non-hydrogen) atoms. The number of carbonyl (C=O) groups excluding carboxylic acids is 1. The average molecular weight is 419 g/mol. The molecule has 1 amide bonds. The van der Waals surface area contributed by atoms with Crippen LogP contribution in [-0.2, 0) is 27.6 Å². The van der Waals surface area contributed by atoms with Gasteiger partial charge >= 0.3 is 0 Å². The predicted octanol–water partition coefficient (Wildman–Crippen LogP) is 2.70. The van der Waals surface area contributed by atoms with E-state index in [1.165, 1.54) is 35.6 Å². The quantitative estimate of drug-likeness (QED) is 0.466. The number of amides is 1. The highest BCUT2D eigenvalue weighted by Gasteiger charge is 2.13. The molecule has 0 N–H and O–H groups in total. The second-order valence-electron chi connectivity index (χ2n) is 6.14. The van der Waals surface area contributed by atoms with Crippen molar-refractivity contribution in [2.75, 3.05) is 6.26 Å². The summed E-state index contributed by atoms with van der Waals surface area (Å²) in [6, 6.07) is 10.7. The summed E-state index contributed by atoms with van der Waals surface area (Å²) in [5.74, 6) is -0.379. The summed E-state index contributed by atoms with van der Waals surface area (Å²) >= 11 is 1.29. The van der Waals surface area contributed by atoms with Crippen LogP contribution in [0, 0.1) is 10.1 Å². The Morgan fingerprint density at radius 1 is 1.21 bits per heavy atom. The van der Waals surface area contributed by atoms with Crippen LogP contribution in [0.25, 0.3) is 10.2 Å². The summed E-state index contributed by atoms with van der Waals surface area (Å²) < 4.78 is 25.6. The van der Waals surface area contributed by atoms with Gasteiger partial charge in [-0.2, -0.15) is 4.99 Å². The lowest BCUT2D eigenvalue weighted by Crippen LogP contribution is -2.16. The number of non-ortho nitro benzene ring substituents is 1. The van der Waals surface area contributed by atoms with Crippen LogP contribution in [0.15, 0.2) is 52.4 Å². The summed E-state index contributed by atoms with van der Waals surface area (Å²) in [6.45, 7) is 2.38. The standard InChI is InChI=1S/C18H17N3O5S2/c1-3-20-15-11-13(21(23)24)6-9-16(15)27-18(20)19-17(22)10-12-4-7-14(8-5-12)28(2,25)26/h4-9,11H,3,10H2,1-2H3. The minimum atomic E-state index is -3.29. The van der Waals surface area contributed by atoms with Gasteiger partial charge in [0.25, 0.3) is 11.6 Å². The number of sulfone groups is 1. The van der Waals surface area contributed by atoms with Gasteiger partial charge in [0.2, 0.25) is 0 Å². The van der Waals surface area contributed by atoms with Gasteiger partial charge in [-0.1, -0.05) is 23.5 Å². The van der Waals surface area contributed by atoms with Crippen molar-refractivity contribution < 1.29 is 18.1 Å². The molecule has 0 aliphatic heterocycles. The normalized spacial score (nSPS) is 12.4. The maximum atomic E-state index is 12.4. The van der Waals surface area contributed by atoms with Gasteiger partial charge in [0.1, 0.15) is 0 Å². The SMILES string of the molecule is CCn1c(=NC(=O)Cc2ccc(S(C)(=O)=O)cc2)sc2ccc([N+](=O)[O-])cc21. The van der Waals surface area contributed by atoms with Crippen LogP contribution >= 0.6 is 11.3 Å². The molecule has 0 fully saturated rings. The van der Waals surface area contributed by atoms with Gasteiger partial charge in [0.05, 0.1) is 26.5 Å². The highest BCUT2D eigenvalue weighted by molar-refractivity contribution is 7.90. The number of hydrogen-bond donors (Lipinski definition) is 0. The van der Waals surface area contributed by atoms with Crippen molar-refractivity contribution in [1.82, 2.24) is 4.57 Å². The highest BCUT2D eigenvalue weighted by Crippen LogP contribution is 2.23. The molecule has 1 heterocycles. The number of thiazole rings is 1. The number of fused-ring (bicyclic) bond motifs is 1. The Hall–Kier alpha value is -2.85. The lowest BCUT2D eigenvalue weighted by molar-refractivity contribution is -0.384. The van der Waals surface area contributed by atoms with E-state index in [9.17, 15) is 23.3 Å². The minimum Gasteiger partial charge on any atom is -0.316 e. The van der Waals surface area contributed by atoms with E-state index in [1.54, 1.807) is 22.8 Å². The lowest BCUT2D eigenvalue weighted by atomic mass is 10.1. The number of aromatic nitrogens is 1. The lowest BCUT2D eigenvalue weighted by Gasteiger charge is -2.02. The molecule has 0 bridgehead atoms. The number of nitro groups is 1. The average Bonchev–Trinajstić information content (AvgIpc) is 2.97. The Balaban J connectivity index is 1.93. The minimum absolute atomic E-state index is 0.0173. The molecular formula is C18H17N3O5S2. The fourth-order valence-corrected chi connectivity index (χ4v) is 4.46. The van der Waals surface area contributed by atoms with Gasteiger partial charge in [-0.3, -0.25) is 14.9 Å². The molecular weight excluding hydrogens is 402 g/mol. The first-order valence-corrected chi connectivity index (χ1v) is 11.0. The number of carbonyl (C=O) groups is 1. The van der Waals surface area contributed by atoms with Crippen LogP contribution in [0.1, 0.15) is 12.5 Å². The third kappa shape index (κ3) is 4.18. The van der Waals surface area contributed by atoms with Crippen LogP contribution in [0.4, 0.5) is 5.69 Å². The topological polar surface area (TPSA) is 112 Å². The van der Waals surface area contributed by atoms with Crippen LogP contribution in [0.3, 0.4) is 0 Å². The molecule has 0 unspecified atom stereocenters. The number of nitrogens with zero attached hydrogens (tertiary/aromatic N) is 3.